The van der Waals surface area contributed by atoms with Crippen molar-refractivity contribution in [1.29, 1.82) is 0 Å². The van der Waals surface area contributed by atoms with Gasteiger partial charge in [-0.3, -0.25) is 10.1 Å². The molecule has 0 amide bonds. The third-order valence-electron chi connectivity index (χ3n) is 7.93. The van der Waals surface area contributed by atoms with Crippen LogP contribution >= 0.6 is 0 Å². The number of carbonyl (C=O) groups excluding carboxylic acids is 3. The summed E-state index contributed by atoms with van der Waals surface area (Å²) in [5, 5.41) is 11.8. The molecule has 2 N–H and O–H groups in total. The maximum atomic E-state index is 15.5. The first kappa shape index (κ1) is 40.2. The third kappa shape index (κ3) is 12.5. The second-order valence-corrected chi connectivity index (χ2v) is 11.9. The van der Waals surface area contributed by atoms with E-state index in [2.05, 4.69) is 16.5 Å². The molecule has 2 aromatic carbocycles. The van der Waals surface area contributed by atoms with Crippen LogP contribution in [0.2, 0.25) is 0 Å². The summed E-state index contributed by atoms with van der Waals surface area (Å²) < 4.78 is 44.9. The van der Waals surface area contributed by atoms with Crippen LogP contribution in [0.15, 0.2) is 55.3 Å². The number of aromatic nitrogens is 2. The lowest BCUT2D eigenvalue weighted by molar-refractivity contribution is -0.388. The number of unbranched alkanes of at least 4 members (excludes halogenated alkanes) is 9. The second-order valence-electron chi connectivity index (χ2n) is 11.9. The van der Waals surface area contributed by atoms with Crippen LogP contribution in [-0.2, 0) is 20.7 Å². The highest BCUT2D eigenvalue weighted by atomic mass is 19.1. The first-order valence-electron chi connectivity index (χ1n) is 17.1. The smallest absolute Gasteiger partial charge is 0.348 e. The Hall–Kier alpha value is -5.27. The van der Waals surface area contributed by atoms with Crippen LogP contribution in [0.1, 0.15) is 100 Å². The number of alkyl halides is 1. The number of anilines is 1. The molecule has 0 aliphatic heterocycles. The van der Waals surface area contributed by atoms with E-state index < -0.39 is 51.5 Å². The summed E-state index contributed by atoms with van der Waals surface area (Å²) in [6, 6.07) is 8.78. The van der Waals surface area contributed by atoms with Crippen molar-refractivity contribution in [3.05, 3.63) is 82.4 Å². The second kappa shape index (κ2) is 21.1. The monoisotopic (exact) mass is 710 g/mol. The lowest BCUT2D eigenvalue weighted by Crippen LogP contribution is -2.23. The number of para-hydroxylation sites is 1. The quantitative estimate of drug-likeness (QED) is 0.0202. The minimum atomic E-state index is -2.09. The van der Waals surface area contributed by atoms with Gasteiger partial charge in [0.1, 0.15) is 11.3 Å². The normalized spacial score (nSPS) is 11.4. The van der Waals surface area contributed by atoms with Crippen molar-refractivity contribution in [1.82, 2.24) is 9.97 Å². The van der Waals surface area contributed by atoms with Crippen LogP contribution in [0.4, 0.5) is 20.2 Å². The van der Waals surface area contributed by atoms with Crippen LogP contribution in [0.3, 0.4) is 0 Å². The van der Waals surface area contributed by atoms with Crippen LogP contribution in [0.25, 0.3) is 11.4 Å². The number of carbonyl (C=O) groups is 3. The number of nitrogen functional groups attached to an aromatic ring is 1. The molecule has 0 saturated carbocycles. The predicted octanol–water partition coefficient (Wildman–Crippen LogP) is 8.21. The van der Waals surface area contributed by atoms with Crippen molar-refractivity contribution in [3.8, 4) is 22.9 Å². The summed E-state index contributed by atoms with van der Waals surface area (Å²) in [6.45, 7) is 5.58. The summed E-state index contributed by atoms with van der Waals surface area (Å²) in [5.41, 5.74) is 4.04. The lowest BCUT2D eigenvalue weighted by Gasteiger charge is -2.13. The van der Waals surface area contributed by atoms with Gasteiger partial charge in [0.25, 0.3) is 0 Å². The van der Waals surface area contributed by atoms with E-state index in [1.165, 1.54) is 6.07 Å². The molecule has 0 fully saturated rings. The Kier molecular flexibility index (Phi) is 16.6. The molecule has 0 spiro atoms. The van der Waals surface area contributed by atoms with Crippen LogP contribution in [-0.4, -0.2) is 45.6 Å². The van der Waals surface area contributed by atoms with Crippen molar-refractivity contribution in [2.45, 2.75) is 96.6 Å². The minimum Gasteiger partial charge on any atom is -0.463 e. The number of nitrogens with zero attached hydrogens (tertiary/aromatic N) is 3. The standard InChI is InChI=1S/C37H44F2N4O8/c1-3-5-19-27(38)36(45)51-30-24-28(40)32(33(39)34(30)43(47)48)37(46)50-29-20-15-14-18-26(29)35-41-22-21-25(42-35)17-13-11-9-7-6-8-10-12-16-23-49-31(44)4-2/h4,14-15,18,20-22,24,27H,2-3,5-13,16-17,19,23,40H2,1H3/t27-/m1/s1. The fourth-order valence-electron chi connectivity index (χ4n) is 5.20. The number of nitrogens with two attached hydrogens (primary N) is 1. The molecule has 0 saturated heterocycles. The van der Waals surface area contributed by atoms with Gasteiger partial charge in [-0.1, -0.05) is 83.4 Å². The Morgan fingerprint density at radius 3 is 2.31 bits per heavy atom. The van der Waals surface area contributed by atoms with Gasteiger partial charge in [0.05, 0.1) is 22.8 Å². The predicted molar refractivity (Wildman–Crippen MR) is 186 cm³/mol. The largest absolute Gasteiger partial charge is 0.463 e. The van der Waals surface area contributed by atoms with E-state index in [9.17, 15) is 28.9 Å². The summed E-state index contributed by atoms with van der Waals surface area (Å²) in [6.07, 6.45) is 11.5. The van der Waals surface area contributed by atoms with Gasteiger partial charge in [0.2, 0.25) is 11.6 Å². The average Bonchev–Trinajstić information content (AvgIpc) is 3.10. The van der Waals surface area contributed by atoms with Gasteiger partial charge in [0, 0.05) is 24.0 Å². The number of nitro benzene ring substituents is 1. The Bertz CT molecular complexity index is 1670. The molecule has 0 bridgehead atoms. The molecule has 0 aliphatic carbocycles. The SMILES string of the molecule is C=CC(=O)OCCCCCCCCCCCc1ccnc(-c2ccccc2OC(=O)c2c(N)cc(OC(=O)[C@H](F)CCCC)c([N+](=O)[O-])c2F)n1. The molecule has 3 rings (SSSR count). The highest BCUT2D eigenvalue weighted by molar-refractivity contribution is 5.99. The molecule has 51 heavy (non-hydrogen) atoms. The number of rotatable bonds is 22. The molecule has 0 unspecified atom stereocenters. The lowest BCUT2D eigenvalue weighted by atomic mass is 10.1. The fraction of sp³-hybridized carbons (Fsp3) is 0.432. The Morgan fingerprint density at radius 1 is 0.980 bits per heavy atom. The number of hydrogen-bond donors (Lipinski definition) is 1. The average molecular weight is 711 g/mol. The van der Waals surface area contributed by atoms with Crippen LogP contribution in [0.5, 0.6) is 11.5 Å². The van der Waals surface area contributed by atoms with Crippen LogP contribution in [0, 0.1) is 15.9 Å². The molecule has 14 heteroatoms. The van der Waals surface area contributed by atoms with E-state index in [0.29, 0.717) is 31.4 Å². The van der Waals surface area contributed by atoms with Crippen LogP contribution < -0.4 is 15.2 Å². The van der Waals surface area contributed by atoms with Gasteiger partial charge in [0.15, 0.2) is 12.0 Å². The first-order valence-corrected chi connectivity index (χ1v) is 17.1. The molecule has 1 aromatic heterocycles. The summed E-state index contributed by atoms with van der Waals surface area (Å²) in [5.74, 6) is -5.61. The van der Waals surface area contributed by atoms with Gasteiger partial charge in [-0.25, -0.2) is 28.7 Å². The number of benzene rings is 2. The molecule has 0 aliphatic rings. The summed E-state index contributed by atoms with van der Waals surface area (Å²) in [4.78, 5) is 55.9. The summed E-state index contributed by atoms with van der Waals surface area (Å²) >= 11 is 0. The molecule has 1 atom stereocenters. The van der Waals surface area contributed by atoms with E-state index in [1.807, 2.05) is 0 Å². The van der Waals surface area contributed by atoms with Gasteiger partial charge in [-0.2, -0.15) is 4.39 Å². The Balaban J connectivity index is 1.60. The van der Waals surface area contributed by atoms with E-state index >= 15 is 4.39 Å². The number of hydrogen-bond acceptors (Lipinski definition) is 11. The van der Waals surface area contributed by atoms with Crippen molar-refractivity contribution in [2.75, 3.05) is 12.3 Å². The maximum Gasteiger partial charge on any atom is 0.348 e. The molecule has 1 heterocycles. The molecule has 274 valence electrons. The van der Waals surface area contributed by atoms with Crippen molar-refractivity contribution in [3.63, 3.8) is 0 Å². The van der Waals surface area contributed by atoms with Gasteiger partial charge < -0.3 is 19.9 Å². The topological polar surface area (TPSA) is 174 Å². The van der Waals surface area contributed by atoms with E-state index in [4.69, 9.17) is 19.9 Å². The van der Waals surface area contributed by atoms with Gasteiger partial charge in [-0.05, 0) is 43.9 Å². The number of nitro groups is 1. The number of aryl methyl sites for hydroxylation is 1. The zero-order valence-electron chi connectivity index (χ0n) is 28.7. The van der Waals surface area contributed by atoms with E-state index in [0.717, 1.165) is 75.6 Å². The Morgan fingerprint density at radius 2 is 1.65 bits per heavy atom. The third-order valence-corrected chi connectivity index (χ3v) is 7.93. The number of esters is 3. The van der Waals surface area contributed by atoms with E-state index in [1.54, 1.807) is 37.4 Å². The van der Waals surface area contributed by atoms with Gasteiger partial charge in [-0.15, -0.1) is 0 Å². The highest BCUT2D eigenvalue weighted by Gasteiger charge is 2.34. The molecule has 3 aromatic rings. The zero-order chi connectivity index (χ0) is 37.2. The molecule has 0 radical (unpaired) electrons. The Labute approximate surface area is 295 Å². The molecular formula is C37H44F2N4O8. The van der Waals surface area contributed by atoms with Crippen molar-refractivity contribution in [2.24, 2.45) is 0 Å². The van der Waals surface area contributed by atoms with Crippen molar-refractivity contribution < 1.29 is 42.3 Å². The number of ether oxygens (including phenoxy) is 3. The number of halogens is 2. The molecular weight excluding hydrogens is 666 g/mol. The summed E-state index contributed by atoms with van der Waals surface area (Å²) in [7, 11) is 0. The fourth-order valence-corrected chi connectivity index (χ4v) is 5.20. The minimum absolute atomic E-state index is 0.0504. The molecule has 12 nitrogen and oxygen atoms in total. The van der Waals surface area contributed by atoms with Gasteiger partial charge >= 0.3 is 23.6 Å². The van der Waals surface area contributed by atoms with E-state index in [-0.39, 0.29) is 24.0 Å². The highest BCUT2D eigenvalue weighted by Crippen LogP contribution is 2.38. The van der Waals surface area contributed by atoms with Crippen molar-refractivity contribution >= 4 is 29.3 Å². The maximum absolute atomic E-state index is 15.5. The first-order chi connectivity index (χ1) is 24.6. The zero-order valence-corrected chi connectivity index (χ0v) is 28.7.